The molecule has 2 aromatic rings. The summed E-state index contributed by atoms with van der Waals surface area (Å²) in [4.78, 5) is 0. The van der Waals surface area contributed by atoms with E-state index in [9.17, 15) is 5.11 Å². The fraction of sp³-hybridized carbons (Fsp3) is 0.235. The Morgan fingerprint density at radius 1 is 1.30 bits per heavy atom. The normalized spacial score (nSPS) is 16.6. The molecule has 0 saturated carbocycles. The largest absolute Gasteiger partial charge is 0.457 e. The quantitative estimate of drug-likeness (QED) is 0.902. The number of fused-ring (bicyclic) bond motifs is 1. The van der Waals surface area contributed by atoms with Gasteiger partial charge in [-0.1, -0.05) is 12.1 Å². The summed E-state index contributed by atoms with van der Waals surface area (Å²) in [6.07, 6.45) is 1.18. The first-order valence-electron chi connectivity index (χ1n) is 6.67. The average Bonchev–Trinajstić information content (AvgIpc) is 2.85. The van der Waals surface area contributed by atoms with E-state index in [1.807, 2.05) is 25.1 Å². The van der Waals surface area contributed by atoms with E-state index in [0.717, 1.165) is 35.3 Å². The number of ether oxygens (including phenoxy) is 1. The van der Waals surface area contributed by atoms with Crippen molar-refractivity contribution in [3.05, 3.63) is 58.7 Å². The molecule has 1 aliphatic carbocycles. The minimum Gasteiger partial charge on any atom is -0.457 e. The van der Waals surface area contributed by atoms with Gasteiger partial charge in [-0.2, -0.15) is 5.26 Å². The van der Waals surface area contributed by atoms with Gasteiger partial charge in [0.05, 0.1) is 17.7 Å². The van der Waals surface area contributed by atoms with Gasteiger partial charge < -0.3 is 9.84 Å². The number of nitriles is 1. The third kappa shape index (κ3) is 2.15. The summed E-state index contributed by atoms with van der Waals surface area (Å²) in [7, 11) is 0. The zero-order valence-corrected chi connectivity index (χ0v) is 11.3. The Balaban J connectivity index is 1.98. The maximum Gasteiger partial charge on any atom is 0.131 e. The Morgan fingerprint density at radius 3 is 2.95 bits per heavy atom. The Labute approximate surface area is 118 Å². The van der Waals surface area contributed by atoms with Crippen LogP contribution in [0.5, 0.6) is 11.5 Å². The van der Waals surface area contributed by atoms with Crippen LogP contribution in [-0.4, -0.2) is 5.11 Å². The van der Waals surface area contributed by atoms with E-state index in [0.29, 0.717) is 11.3 Å². The fourth-order valence-electron chi connectivity index (χ4n) is 2.76. The Morgan fingerprint density at radius 2 is 2.15 bits per heavy atom. The molecule has 3 nitrogen and oxygen atoms in total. The van der Waals surface area contributed by atoms with Gasteiger partial charge in [0.2, 0.25) is 0 Å². The van der Waals surface area contributed by atoms with Crippen LogP contribution >= 0.6 is 0 Å². The Kier molecular flexibility index (Phi) is 3.17. The fourth-order valence-corrected chi connectivity index (χ4v) is 2.76. The average molecular weight is 265 g/mol. The monoisotopic (exact) mass is 265 g/mol. The highest BCUT2D eigenvalue weighted by atomic mass is 16.5. The van der Waals surface area contributed by atoms with Crippen molar-refractivity contribution in [1.82, 2.24) is 0 Å². The molecule has 3 heteroatoms. The van der Waals surface area contributed by atoms with E-state index in [4.69, 9.17) is 10.00 Å². The number of aryl methyl sites for hydroxylation is 1. The van der Waals surface area contributed by atoms with Crippen molar-refractivity contribution in [3.8, 4) is 17.6 Å². The molecule has 0 aliphatic heterocycles. The smallest absolute Gasteiger partial charge is 0.131 e. The molecule has 0 saturated heterocycles. The van der Waals surface area contributed by atoms with Crippen molar-refractivity contribution in [3.63, 3.8) is 0 Å². The molecule has 20 heavy (non-hydrogen) atoms. The standard InChI is InChI=1S/C17H15NO2/c1-11-5-8-16(14-6-7-15(19)17(11)14)20-13-4-2-3-12(9-13)10-18/h2-5,8-9,15,19H,6-7H2,1H3/t15-/m1/s1. The highest BCUT2D eigenvalue weighted by Gasteiger charge is 2.25. The molecule has 0 spiro atoms. The molecule has 1 atom stereocenters. The van der Waals surface area contributed by atoms with E-state index in [1.165, 1.54) is 0 Å². The van der Waals surface area contributed by atoms with Crippen LogP contribution in [0, 0.1) is 18.3 Å². The van der Waals surface area contributed by atoms with Gasteiger partial charge in [-0.05, 0) is 55.2 Å². The van der Waals surface area contributed by atoms with Crippen LogP contribution in [0.1, 0.15) is 34.8 Å². The van der Waals surface area contributed by atoms with Crippen LogP contribution in [0.4, 0.5) is 0 Å². The predicted molar refractivity (Wildman–Crippen MR) is 75.7 cm³/mol. The van der Waals surface area contributed by atoms with Crippen molar-refractivity contribution in [1.29, 1.82) is 5.26 Å². The SMILES string of the molecule is Cc1ccc(Oc2cccc(C#N)c2)c2c1[C@H](O)CC2. The van der Waals surface area contributed by atoms with Crippen LogP contribution in [0.2, 0.25) is 0 Å². The first-order valence-corrected chi connectivity index (χ1v) is 6.67. The Bertz CT molecular complexity index is 701. The molecule has 100 valence electrons. The molecule has 1 N–H and O–H groups in total. The zero-order chi connectivity index (χ0) is 14.1. The lowest BCUT2D eigenvalue weighted by molar-refractivity contribution is 0.179. The van der Waals surface area contributed by atoms with Gasteiger partial charge in [-0.25, -0.2) is 0 Å². The summed E-state index contributed by atoms with van der Waals surface area (Å²) in [5.74, 6) is 1.42. The molecule has 0 bridgehead atoms. The molecule has 0 fully saturated rings. The maximum absolute atomic E-state index is 10.0. The molecule has 0 unspecified atom stereocenters. The van der Waals surface area contributed by atoms with E-state index in [2.05, 4.69) is 6.07 Å². The highest BCUT2D eigenvalue weighted by Crippen LogP contribution is 2.40. The van der Waals surface area contributed by atoms with Crippen molar-refractivity contribution in [2.45, 2.75) is 25.9 Å². The van der Waals surface area contributed by atoms with Gasteiger partial charge in [0.25, 0.3) is 0 Å². The molecule has 0 heterocycles. The molecule has 0 aromatic heterocycles. The van der Waals surface area contributed by atoms with Crippen molar-refractivity contribution in [2.75, 3.05) is 0 Å². The van der Waals surface area contributed by atoms with Crippen LogP contribution in [0.15, 0.2) is 36.4 Å². The van der Waals surface area contributed by atoms with Crippen LogP contribution in [0.25, 0.3) is 0 Å². The number of benzene rings is 2. The van der Waals surface area contributed by atoms with Gasteiger partial charge in [-0.15, -0.1) is 0 Å². The van der Waals surface area contributed by atoms with Gasteiger partial charge in [-0.3, -0.25) is 0 Å². The van der Waals surface area contributed by atoms with E-state index in [-0.39, 0.29) is 6.10 Å². The van der Waals surface area contributed by atoms with Crippen LogP contribution < -0.4 is 4.74 Å². The van der Waals surface area contributed by atoms with Gasteiger partial charge in [0.1, 0.15) is 11.5 Å². The molecule has 2 aromatic carbocycles. The first-order chi connectivity index (χ1) is 9.69. The van der Waals surface area contributed by atoms with Crippen LogP contribution in [0.3, 0.4) is 0 Å². The van der Waals surface area contributed by atoms with Crippen molar-refractivity contribution in [2.24, 2.45) is 0 Å². The summed E-state index contributed by atoms with van der Waals surface area (Å²) in [5, 5.41) is 19.0. The Hall–Kier alpha value is -2.31. The molecular weight excluding hydrogens is 250 g/mol. The lowest BCUT2D eigenvalue weighted by atomic mass is 10.0. The number of nitrogens with zero attached hydrogens (tertiary/aromatic N) is 1. The summed E-state index contributed by atoms with van der Waals surface area (Å²) >= 11 is 0. The van der Waals surface area contributed by atoms with E-state index in [1.54, 1.807) is 18.2 Å². The summed E-state index contributed by atoms with van der Waals surface area (Å²) < 4.78 is 5.90. The lowest BCUT2D eigenvalue weighted by Crippen LogP contribution is -1.96. The highest BCUT2D eigenvalue weighted by molar-refractivity contribution is 5.50. The summed E-state index contributed by atoms with van der Waals surface area (Å²) in [6, 6.07) is 13.1. The van der Waals surface area contributed by atoms with Gasteiger partial charge in [0, 0.05) is 5.56 Å². The lowest BCUT2D eigenvalue weighted by Gasteiger charge is -2.13. The molecule has 0 radical (unpaired) electrons. The van der Waals surface area contributed by atoms with E-state index >= 15 is 0 Å². The minimum absolute atomic E-state index is 0.390. The molecule has 1 aliphatic rings. The molecule has 0 amide bonds. The predicted octanol–water partition coefficient (Wildman–Crippen LogP) is 3.64. The van der Waals surface area contributed by atoms with Crippen molar-refractivity contribution < 1.29 is 9.84 Å². The second-order valence-electron chi connectivity index (χ2n) is 5.07. The molecular formula is C17H15NO2. The minimum atomic E-state index is -0.390. The van der Waals surface area contributed by atoms with E-state index < -0.39 is 0 Å². The number of hydrogen-bond acceptors (Lipinski definition) is 3. The second kappa shape index (κ2) is 4.99. The van der Waals surface area contributed by atoms with Crippen LogP contribution in [-0.2, 0) is 6.42 Å². The number of hydrogen-bond donors (Lipinski definition) is 1. The maximum atomic E-state index is 10.0. The topological polar surface area (TPSA) is 53.2 Å². The van der Waals surface area contributed by atoms with Gasteiger partial charge >= 0.3 is 0 Å². The first kappa shape index (κ1) is 12.7. The number of rotatable bonds is 2. The number of aliphatic hydroxyl groups is 1. The second-order valence-corrected chi connectivity index (χ2v) is 5.07. The third-order valence-electron chi connectivity index (χ3n) is 3.72. The molecule has 3 rings (SSSR count). The number of aliphatic hydroxyl groups excluding tert-OH is 1. The zero-order valence-electron chi connectivity index (χ0n) is 11.3. The third-order valence-corrected chi connectivity index (χ3v) is 3.72. The van der Waals surface area contributed by atoms with Crippen molar-refractivity contribution >= 4 is 0 Å². The van der Waals surface area contributed by atoms with Gasteiger partial charge in [0.15, 0.2) is 0 Å². The summed E-state index contributed by atoms with van der Waals surface area (Å²) in [6.45, 7) is 2.01. The summed E-state index contributed by atoms with van der Waals surface area (Å²) in [5.41, 5.74) is 3.76.